The van der Waals surface area contributed by atoms with Crippen LogP contribution in [0, 0.1) is 0 Å². The van der Waals surface area contributed by atoms with E-state index in [-0.39, 0.29) is 17.9 Å². The van der Waals surface area contributed by atoms with Crippen molar-refractivity contribution >= 4 is 51.1 Å². The highest BCUT2D eigenvalue weighted by Crippen LogP contribution is 2.28. The highest BCUT2D eigenvalue weighted by Gasteiger charge is 2.20. The Morgan fingerprint density at radius 2 is 1.74 bits per heavy atom. The lowest BCUT2D eigenvalue weighted by atomic mass is 9.98. The zero-order chi connectivity index (χ0) is 27.1. The highest BCUT2D eigenvalue weighted by atomic mass is 32.1. The average molecular weight is 540 g/mol. The Balaban J connectivity index is 1.30. The lowest BCUT2D eigenvalue weighted by Crippen LogP contribution is -2.20. The summed E-state index contributed by atoms with van der Waals surface area (Å²) in [6.45, 7) is 6.76. The first kappa shape index (κ1) is 27.0. The van der Waals surface area contributed by atoms with Crippen molar-refractivity contribution in [3.63, 3.8) is 0 Å². The first-order chi connectivity index (χ1) is 18.2. The van der Waals surface area contributed by atoms with Gasteiger partial charge in [0.1, 0.15) is 23.1 Å². The number of carbonyl (C=O) groups is 2. The maximum atomic E-state index is 12.3. The molecule has 200 valence electrons. The van der Waals surface area contributed by atoms with Gasteiger partial charge in [0.25, 0.3) is 5.91 Å². The number of ether oxygens (including phenoxy) is 3. The fourth-order valence-corrected chi connectivity index (χ4v) is 3.96. The molecular formula is C25H29N7O5S. The molecule has 0 saturated heterocycles. The molecule has 2 aromatic carbocycles. The number of nitrogens with zero attached hydrogens (tertiary/aromatic N) is 3. The maximum Gasteiger partial charge on any atom is 0.325 e. The zero-order valence-corrected chi connectivity index (χ0v) is 22.3. The van der Waals surface area contributed by atoms with Gasteiger partial charge < -0.3 is 24.5 Å². The molecule has 3 amide bonds. The molecule has 0 aliphatic heterocycles. The predicted octanol–water partition coefficient (Wildman–Crippen LogP) is 4.75. The third-order valence-corrected chi connectivity index (χ3v) is 6.28. The van der Waals surface area contributed by atoms with Gasteiger partial charge in [-0.25, -0.2) is 9.78 Å². The molecule has 0 atom stereocenters. The van der Waals surface area contributed by atoms with E-state index in [0.717, 1.165) is 5.01 Å². The number of methoxy groups -OCH3 is 1. The quantitative estimate of drug-likeness (QED) is 0.211. The number of imidazole rings is 1. The van der Waals surface area contributed by atoms with Crippen LogP contribution in [0.15, 0.2) is 42.5 Å². The number of fused-ring (bicyclic) bond motifs is 1. The number of H-pyrrole nitrogens is 1. The minimum absolute atomic E-state index is 0.0957. The van der Waals surface area contributed by atoms with Crippen LogP contribution >= 0.6 is 11.3 Å². The Morgan fingerprint density at radius 3 is 2.45 bits per heavy atom. The summed E-state index contributed by atoms with van der Waals surface area (Å²) in [4.78, 5) is 31.7. The Bertz CT molecular complexity index is 1400. The molecule has 12 nitrogen and oxygen atoms in total. The zero-order valence-electron chi connectivity index (χ0n) is 21.5. The van der Waals surface area contributed by atoms with Gasteiger partial charge in [-0.05, 0) is 36.4 Å². The van der Waals surface area contributed by atoms with Crippen LogP contribution in [0.1, 0.15) is 25.8 Å². The SMILES string of the molecule is COCCOCC(=O)Nc1nc2ccc(Oc3ccc(NC(=O)Nc4nnc(C(C)(C)C)s4)cc3)cc2[nH]1. The molecular weight excluding hydrogens is 510 g/mol. The second kappa shape index (κ2) is 12.0. The van der Waals surface area contributed by atoms with Crippen molar-refractivity contribution in [2.45, 2.75) is 26.2 Å². The standard InChI is InChI=1S/C25H29N7O5S/c1-25(2,3)21-31-32-24(38-21)30-23(34)26-15-5-7-16(8-6-15)37-17-9-10-18-19(13-17)28-22(27-18)29-20(33)14-36-12-11-35-4/h5-10,13H,11-12,14H2,1-4H3,(H2,26,30,32,34)(H2,27,28,29,33). The molecule has 0 spiro atoms. The number of hydrogen-bond acceptors (Lipinski definition) is 9. The van der Waals surface area contributed by atoms with E-state index in [9.17, 15) is 9.59 Å². The average Bonchev–Trinajstić information content (AvgIpc) is 3.49. The van der Waals surface area contributed by atoms with Gasteiger partial charge in [0, 0.05) is 24.3 Å². The first-order valence-corrected chi connectivity index (χ1v) is 12.6. The molecule has 0 fully saturated rings. The number of carbonyl (C=O) groups excluding carboxylic acids is 2. The summed E-state index contributed by atoms with van der Waals surface area (Å²) in [5.41, 5.74) is 1.82. The minimum atomic E-state index is -0.413. The van der Waals surface area contributed by atoms with Crippen molar-refractivity contribution in [3.8, 4) is 11.5 Å². The van der Waals surface area contributed by atoms with Crippen LogP contribution in [0.4, 0.5) is 21.6 Å². The third kappa shape index (κ3) is 7.47. The third-order valence-electron chi connectivity index (χ3n) is 5.01. The van der Waals surface area contributed by atoms with Crippen LogP contribution in [-0.2, 0) is 19.7 Å². The van der Waals surface area contributed by atoms with Gasteiger partial charge in [0.2, 0.25) is 11.1 Å². The number of aromatic amines is 1. The molecule has 0 bridgehead atoms. The fourth-order valence-electron chi connectivity index (χ4n) is 3.17. The van der Waals surface area contributed by atoms with Crippen molar-refractivity contribution in [3.05, 3.63) is 47.5 Å². The Morgan fingerprint density at radius 1 is 0.974 bits per heavy atom. The largest absolute Gasteiger partial charge is 0.457 e. The van der Waals surface area contributed by atoms with E-state index in [2.05, 4.69) is 36.1 Å². The molecule has 0 unspecified atom stereocenters. The van der Waals surface area contributed by atoms with Crippen LogP contribution in [0.25, 0.3) is 11.0 Å². The lowest BCUT2D eigenvalue weighted by Gasteiger charge is -2.12. The molecule has 2 heterocycles. The van der Waals surface area contributed by atoms with Gasteiger partial charge in [0.15, 0.2) is 0 Å². The second-order valence-electron chi connectivity index (χ2n) is 9.23. The topological polar surface area (TPSA) is 152 Å². The van der Waals surface area contributed by atoms with E-state index in [0.29, 0.717) is 52.5 Å². The van der Waals surface area contributed by atoms with Crippen LogP contribution in [0.3, 0.4) is 0 Å². The number of anilines is 3. The molecule has 13 heteroatoms. The molecule has 38 heavy (non-hydrogen) atoms. The Labute approximate surface area is 223 Å². The maximum absolute atomic E-state index is 12.3. The van der Waals surface area contributed by atoms with Crippen molar-refractivity contribution < 1.29 is 23.8 Å². The van der Waals surface area contributed by atoms with Crippen molar-refractivity contribution in [1.82, 2.24) is 20.2 Å². The number of urea groups is 1. The summed E-state index contributed by atoms with van der Waals surface area (Å²) in [5, 5.41) is 17.5. The van der Waals surface area contributed by atoms with Crippen LogP contribution in [-0.4, -0.2) is 59.0 Å². The lowest BCUT2D eigenvalue weighted by molar-refractivity contribution is -0.121. The molecule has 4 N–H and O–H groups in total. The summed E-state index contributed by atoms with van der Waals surface area (Å²) in [6, 6.07) is 11.9. The van der Waals surface area contributed by atoms with E-state index in [1.807, 2.05) is 20.8 Å². The van der Waals surface area contributed by atoms with Gasteiger partial charge >= 0.3 is 6.03 Å². The van der Waals surface area contributed by atoms with E-state index < -0.39 is 6.03 Å². The number of hydrogen-bond donors (Lipinski definition) is 4. The predicted molar refractivity (Wildman–Crippen MR) is 145 cm³/mol. The number of rotatable bonds is 10. The van der Waals surface area contributed by atoms with E-state index in [1.54, 1.807) is 49.6 Å². The van der Waals surface area contributed by atoms with Crippen molar-refractivity contribution in [2.75, 3.05) is 42.9 Å². The van der Waals surface area contributed by atoms with Crippen molar-refractivity contribution in [1.29, 1.82) is 0 Å². The monoisotopic (exact) mass is 539 g/mol. The normalized spacial score (nSPS) is 11.4. The van der Waals surface area contributed by atoms with Crippen LogP contribution < -0.4 is 20.7 Å². The summed E-state index contributed by atoms with van der Waals surface area (Å²) >= 11 is 1.34. The number of aromatic nitrogens is 4. The second-order valence-corrected chi connectivity index (χ2v) is 10.2. The summed E-state index contributed by atoms with van der Waals surface area (Å²) in [5.74, 6) is 1.15. The number of amides is 3. The van der Waals surface area contributed by atoms with Gasteiger partial charge in [0.05, 0.1) is 24.2 Å². The number of benzene rings is 2. The summed E-state index contributed by atoms with van der Waals surface area (Å²) < 4.78 is 16.0. The van der Waals surface area contributed by atoms with E-state index in [4.69, 9.17) is 14.2 Å². The fraction of sp³-hybridized carbons (Fsp3) is 0.320. The summed E-state index contributed by atoms with van der Waals surface area (Å²) in [6.07, 6.45) is 0. The first-order valence-electron chi connectivity index (χ1n) is 11.8. The van der Waals surface area contributed by atoms with Gasteiger partial charge in [-0.1, -0.05) is 32.1 Å². The van der Waals surface area contributed by atoms with Crippen LogP contribution in [0.5, 0.6) is 11.5 Å². The van der Waals surface area contributed by atoms with Gasteiger partial charge in [-0.2, -0.15) is 0 Å². The van der Waals surface area contributed by atoms with E-state index in [1.165, 1.54) is 11.3 Å². The minimum Gasteiger partial charge on any atom is -0.457 e. The molecule has 0 saturated carbocycles. The summed E-state index contributed by atoms with van der Waals surface area (Å²) in [7, 11) is 1.56. The molecule has 0 radical (unpaired) electrons. The smallest absolute Gasteiger partial charge is 0.325 e. The molecule has 2 aromatic heterocycles. The molecule has 0 aliphatic carbocycles. The number of nitrogens with one attached hydrogen (secondary N) is 4. The van der Waals surface area contributed by atoms with Gasteiger partial charge in [-0.3, -0.25) is 15.4 Å². The van der Waals surface area contributed by atoms with Crippen molar-refractivity contribution in [2.24, 2.45) is 0 Å². The molecule has 0 aliphatic rings. The molecule has 4 rings (SSSR count). The molecule has 4 aromatic rings. The Hall–Kier alpha value is -4.07. The van der Waals surface area contributed by atoms with E-state index >= 15 is 0 Å². The Kier molecular flexibility index (Phi) is 8.51. The van der Waals surface area contributed by atoms with Crippen LogP contribution in [0.2, 0.25) is 0 Å². The van der Waals surface area contributed by atoms with Gasteiger partial charge in [-0.15, -0.1) is 10.2 Å². The highest BCUT2D eigenvalue weighted by molar-refractivity contribution is 7.15.